The van der Waals surface area contributed by atoms with Gasteiger partial charge in [0, 0.05) is 4.88 Å². The van der Waals surface area contributed by atoms with Crippen LogP contribution in [0.3, 0.4) is 0 Å². The van der Waals surface area contributed by atoms with Gasteiger partial charge in [0.25, 0.3) is 6.43 Å². The molecule has 0 atom stereocenters. The fraction of sp³-hybridized carbons (Fsp3) is 0.0909. The molecule has 0 nitrogen and oxygen atoms in total. The van der Waals surface area contributed by atoms with Crippen LogP contribution in [-0.2, 0) is 0 Å². The van der Waals surface area contributed by atoms with Crippen LogP contribution >= 0.6 is 11.3 Å². The molecular formula is C11H8F2S. The highest BCUT2D eigenvalue weighted by molar-refractivity contribution is 7.15. The minimum Gasteiger partial charge on any atom is -0.204 e. The molecule has 0 saturated carbocycles. The lowest BCUT2D eigenvalue weighted by molar-refractivity contribution is 0.155. The van der Waals surface area contributed by atoms with Crippen LogP contribution in [-0.4, -0.2) is 0 Å². The average molecular weight is 210 g/mol. The first-order chi connectivity index (χ1) is 6.77. The second-order valence-corrected chi connectivity index (χ2v) is 3.98. The van der Waals surface area contributed by atoms with Gasteiger partial charge < -0.3 is 0 Å². The van der Waals surface area contributed by atoms with Crippen molar-refractivity contribution >= 4 is 11.3 Å². The van der Waals surface area contributed by atoms with E-state index in [1.54, 1.807) is 6.07 Å². The van der Waals surface area contributed by atoms with Gasteiger partial charge in [-0.1, -0.05) is 30.3 Å². The van der Waals surface area contributed by atoms with Crippen LogP contribution in [0.2, 0.25) is 0 Å². The first-order valence-electron chi connectivity index (χ1n) is 4.20. The molecule has 0 aliphatic rings. The molecule has 1 heterocycles. The van der Waals surface area contributed by atoms with Crippen LogP contribution < -0.4 is 0 Å². The fourth-order valence-corrected chi connectivity index (χ4v) is 2.10. The van der Waals surface area contributed by atoms with Crippen LogP contribution in [0.15, 0.2) is 42.5 Å². The maximum Gasteiger partial charge on any atom is 0.272 e. The first-order valence-corrected chi connectivity index (χ1v) is 5.02. The fourth-order valence-electron chi connectivity index (χ4n) is 1.23. The van der Waals surface area contributed by atoms with Gasteiger partial charge in [-0.15, -0.1) is 11.3 Å². The van der Waals surface area contributed by atoms with Gasteiger partial charge in [-0.05, 0) is 17.7 Å². The van der Waals surface area contributed by atoms with E-state index in [9.17, 15) is 8.78 Å². The Kier molecular flexibility index (Phi) is 2.59. The predicted octanol–water partition coefficient (Wildman–Crippen LogP) is 4.35. The summed E-state index contributed by atoms with van der Waals surface area (Å²) in [5.41, 5.74) is 0.990. The van der Waals surface area contributed by atoms with E-state index in [-0.39, 0.29) is 4.88 Å². The molecule has 14 heavy (non-hydrogen) atoms. The van der Waals surface area contributed by atoms with Gasteiger partial charge in [0.1, 0.15) is 0 Å². The third-order valence-electron chi connectivity index (χ3n) is 1.90. The van der Waals surface area contributed by atoms with Crippen molar-refractivity contribution in [3.05, 3.63) is 47.3 Å². The third kappa shape index (κ3) is 1.82. The zero-order valence-corrected chi connectivity index (χ0v) is 8.10. The van der Waals surface area contributed by atoms with Crippen molar-refractivity contribution in [3.8, 4) is 10.4 Å². The van der Waals surface area contributed by atoms with Crippen LogP contribution in [0.5, 0.6) is 0 Å². The summed E-state index contributed by atoms with van der Waals surface area (Å²) in [6.45, 7) is 0. The molecule has 72 valence electrons. The van der Waals surface area contributed by atoms with Crippen LogP contribution in [0.4, 0.5) is 8.78 Å². The van der Waals surface area contributed by atoms with E-state index in [0.29, 0.717) is 0 Å². The number of alkyl halides is 2. The highest BCUT2D eigenvalue weighted by Crippen LogP contribution is 2.33. The van der Waals surface area contributed by atoms with E-state index in [1.165, 1.54) is 6.07 Å². The molecule has 0 N–H and O–H groups in total. The summed E-state index contributed by atoms with van der Waals surface area (Å²) >= 11 is 1.14. The Bertz CT molecular complexity index is 406. The highest BCUT2D eigenvalue weighted by atomic mass is 32.1. The van der Waals surface area contributed by atoms with Gasteiger partial charge in [-0.25, -0.2) is 8.78 Å². The molecule has 0 amide bonds. The smallest absolute Gasteiger partial charge is 0.204 e. The van der Waals surface area contributed by atoms with Gasteiger partial charge in [0.15, 0.2) is 0 Å². The molecule has 0 bridgehead atoms. The number of halogens is 2. The second-order valence-electron chi connectivity index (χ2n) is 2.87. The standard InChI is InChI=1S/C11H8F2S/c12-11(13)10-7-6-9(14-10)8-4-2-1-3-5-8/h1-7,11H. The maximum absolute atomic E-state index is 12.3. The second kappa shape index (κ2) is 3.88. The van der Waals surface area contributed by atoms with E-state index in [1.807, 2.05) is 30.3 Å². The molecule has 0 unspecified atom stereocenters. The van der Waals surface area contributed by atoms with Gasteiger partial charge in [0.05, 0.1) is 4.88 Å². The molecular weight excluding hydrogens is 202 g/mol. The van der Waals surface area contributed by atoms with Crippen molar-refractivity contribution in [2.75, 3.05) is 0 Å². The van der Waals surface area contributed by atoms with Crippen molar-refractivity contribution in [2.45, 2.75) is 6.43 Å². The molecule has 0 spiro atoms. The van der Waals surface area contributed by atoms with E-state index >= 15 is 0 Å². The zero-order valence-electron chi connectivity index (χ0n) is 7.28. The number of hydrogen-bond donors (Lipinski definition) is 0. The van der Waals surface area contributed by atoms with E-state index < -0.39 is 6.43 Å². The summed E-state index contributed by atoms with van der Waals surface area (Å²) in [5.74, 6) is 0. The molecule has 2 aromatic rings. The van der Waals surface area contributed by atoms with Gasteiger partial charge in [0.2, 0.25) is 0 Å². The van der Waals surface area contributed by atoms with Crippen molar-refractivity contribution in [1.82, 2.24) is 0 Å². The monoisotopic (exact) mass is 210 g/mol. The molecule has 0 aliphatic carbocycles. The topological polar surface area (TPSA) is 0 Å². The Morgan fingerprint density at radius 3 is 2.21 bits per heavy atom. The third-order valence-corrected chi connectivity index (χ3v) is 3.04. The Hall–Kier alpha value is -1.22. The quantitative estimate of drug-likeness (QED) is 0.691. The number of benzene rings is 1. The summed E-state index contributed by atoms with van der Waals surface area (Å²) in [7, 11) is 0. The van der Waals surface area contributed by atoms with E-state index in [4.69, 9.17) is 0 Å². The highest BCUT2D eigenvalue weighted by Gasteiger charge is 2.10. The largest absolute Gasteiger partial charge is 0.272 e. The minimum atomic E-state index is -2.36. The van der Waals surface area contributed by atoms with Crippen molar-refractivity contribution in [2.24, 2.45) is 0 Å². The molecule has 0 fully saturated rings. The minimum absolute atomic E-state index is 0.129. The summed E-state index contributed by atoms with van der Waals surface area (Å²) in [5, 5.41) is 0. The predicted molar refractivity (Wildman–Crippen MR) is 54.7 cm³/mol. The number of hydrogen-bond acceptors (Lipinski definition) is 1. The lowest BCUT2D eigenvalue weighted by Gasteiger charge is -1.95. The van der Waals surface area contributed by atoms with Crippen molar-refractivity contribution in [1.29, 1.82) is 0 Å². The molecule has 3 heteroatoms. The first kappa shape index (κ1) is 9.34. The van der Waals surface area contributed by atoms with Crippen LogP contribution in [0.25, 0.3) is 10.4 Å². The number of thiophene rings is 1. The SMILES string of the molecule is FC(F)c1ccc(-c2ccccc2)s1. The van der Waals surface area contributed by atoms with Crippen LogP contribution in [0, 0.1) is 0 Å². The van der Waals surface area contributed by atoms with E-state index in [0.717, 1.165) is 21.8 Å². The molecule has 0 radical (unpaired) electrons. The Morgan fingerprint density at radius 1 is 0.929 bits per heavy atom. The maximum atomic E-state index is 12.3. The van der Waals surface area contributed by atoms with E-state index in [2.05, 4.69) is 0 Å². The van der Waals surface area contributed by atoms with Crippen molar-refractivity contribution in [3.63, 3.8) is 0 Å². The summed E-state index contributed by atoms with van der Waals surface area (Å²) in [6.07, 6.45) is -2.36. The molecule has 0 saturated heterocycles. The van der Waals surface area contributed by atoms with Gasteiger partial charge in [-0.3, -0.25) is 0 Å². The molecule has 2 rings (SSSR count). The van der Waals surface area contributed by atoms with Crippen LogP contribution in [0.1, 0.15) is 11.3 Å². The van der Waals surface area contributed by atoms with Gasteiger partial charge in [-0.2, -0.15) is 0 Å². The Balaban J connectivity index is 2.34. The lowest BCUT2D eigenvalue weighted by Crippen LogP contribution is -1.72. The average Bonchev–Trinajstić information content (AvgIpc) is 2.68. The molecule has 1 aromatic carbocycles. The van der Waals surface area contributed by atoms with Gasteiger partial charge >= 0.3 is 0 Å². The Morgan fingerprint density at radius 2 is 1.64 bits per heavy atom. The Labute approximate surface area is 84.8 Å². The van der Waals surface area contributed by atoms with Crippen molar-refractivity contribution < 1.29 is 8.78 Å². The summed E-state index contributed by atoms with van der Waals surface area (Å²) < 4.78 is 24.6. The number of rotatable bonds is 2. The molecule has 1 aromatic heterocycles. The summed E-state index contributed by atoms with van der Waals surface area (Å²) in [4.78, 5) is 1.02. The molecule has 0 aliphatic heterocycles. The lowest BCUT2D eigenvalue weighted by atomic mass is 10.2. The normalized spacial score (nSPS) is 10.8. The summed E-state index contributed by atoms with van der Waals surface area (Å²) in [6, 6.07) is 12.8. The zero-order chi connectivity index (χ0) is 9.97.